The van der Waals surface area contributed by atoms with Gasteiger partial charge < -0.3 is 15.6 Å². The molecular weight excluding hydrogens is 154 g/mol. The Morgan fingerprint density at radius 3 is 2.67 bits per heavy atom. The van der Waals surface area contributed by atoms with E-state index in [0.717, 1.165) is 6.42 Å². The summed E-state index contributed by atoms with van der Waals surface area (Å²) in [5, 5.41) is 10.2. The normalized spacial score (nSPS) is 35.0. The van der Waals surface area contributed by atoms with E-state index in [1.54, 1.807) is 0 Å². The largest absolute Gasteiger partial charge is 0.387 e. The Balaban J connectivity index is 2.75. The fourth-order valence-electron chi connectivity index (χ4n) is 1.69. The minimum Gasteiger partial charge on any atom is -0.387 e. The summed E-state index contributed by atoms with van der Waals surface area (Å²) in [6.07, 6.45) is 1.61. The highest BCUT2D eigenvalue weighted by molar-refractivity contribution is 4.98. The van der Waals surface area contributed by atoms with Gasteiger partial charge in [-0.1, -0.05) is 13.8 Å². The first-order valence-electron chi connectivity index (χ1n) is 4.58. The van der Waals surface area contributed by atoms with Crippen LogP contribution in [0.15, 0.2) is 0 Å². The van der Waals surface area contributed by atoms with Crippen molar-refractivity contribution in [3.05, 3.63) is 0 Å². The molecule has 3 N–H and O–H groups in total. The molecule has 0 aromatic carbocycles. The number of nitrogens with two attached hydrogens (primary N) is 1. The van der Waals surface area contributed by atoms with Crippen molar-refractivity contribution in [2.75, 3.05) is 19.8 Å². The zero-order valence-corrected chi connectivity index (χ0v) is 7.97. The van der Waals surface area contributed by atoms with Crippen molar-refractivity contribution in [3.63, 3.8) is 0 Å². The molecule has 0 aromatic heterocycles. The van der Waals surface area contributed by atoms with Crippen LogP contribution in [0.25, 0.3) is 0 Å². The second-order valence-corrected chi connectivity index (χ2v) is 3.95. The van der Waals surface area contributed by atoms with E-state index < -0.39 is 5.60 Å². The number of rotatable bonds is 3. The van der Waals surface area contributed by atoms with Crippen molar-refractivity contribution in [2.45, 2.75) is 32.3 Å². The molecule has 1 rings (SSSR count). The van der Waals surface area contributed by atoms with Crippen LogP contribution < -0.4 is 5.73 Å². The van der Waals surface area contributed by atoms with Gasteiger partial charge in [-0.15, -0.1) is 0 Å². The lowest BCUT2D eigenvalue weighted by Crippen LogP contribution is -2.51. The lowest BCUT2D eigenvalue weighted by Gasteiger charge is -2.40. The van der Waals surface area contributed by atoms with Gasteiger partial charge in [-0.2, -0.15) is 0 Å². The molecule has 0 aromatic rings. The summed E-state index contributed by atoms with van der Waals surface area (Å²) in [5.41, 5.74) is 4.78. The molecule has 0 amide bonds. The third kappa shape index (κ3) is 1.37. The molecule has 0 saturated carbocycles. The molecule has 1 heterocycles. The van der Waals surface area contributed by atoms with Crippen molar-refractivity contribution >= 4 is 0 Å². The lowest BCUT2D eigenvalue weighted by atomic mass is 9.71. The standard InChI is InChI=1S/C9H19NO2/c1-3-8(2,6-10)9(11)4-5-12-7-9/h11H,3-7,10H2,1-2H3. The predicted octanol–water partition coefficient (Wildman–Crippen LogP) is 0.513. The first-order chi connectivity index (χ1) is 5.58. The molecule has 1 aliphatic rings. The third-order valence-corrected chi connectivity index (χ3v) is 3.36. The maximum Gasteiger partial charge on any atom is 0.0967 e. The molecule has 12 heavy (non-hydrogen) atoms. The van der Waals surface area contributed by atoms with E-state index in [1.165, 1.54) is 0 Å². The molecule has 0 bridgehead atoms. The Kier molecular flexibility index (Phi) is 2.76. The van der Waals surface area contributed by atoms with Crippen molar-refractivity contribution in [1.82, 2.24) is 0 Å². The van der Waals surface area contributed by atoms with Crippen LogP contribution in [-0.2, 0) is 4.74 Å². The number of ether oxygens (including phenoxy) is 1. The van der Waals surface area contributed by atoms with Gasteiger partial charge in [0.05, 0.1) is 12.2 Å². The molecule has 1 saturated heterocycles. The van der Waals surface area contributed by atoms with Crippen molar-refractivity contribution in [3.8, 4) is 0 Å². The van der Waals surface area contributed by atoms with E-state index in [-0.39, 0.29) is 5.41 Å². The first kappa shape index (κ1) is 9.96. The van der Waals surface area contributed by atoms with Crippen LogP contribution in [0, 0.1) is 5.41 Å². The monoisotopic (exact) mass is 173 g/mol. The van der Waals surface area contributed by atoms with Gasteiger partial charge in [0.15, 0.2) is 0 Å². The highest BCUT2D eigenvalue weighted by Crippen LogP contribution is 2.39. The molecule has 0 spiro atoms. The highest BCUT2D eigenvalue weighted by Gasteiger charge is 2.47. The van der Waals surface area contributed by atoms with Crippen LogP contribution in [0.3, 0.4) is 0 Å². The summed E-state index contributed by atoms with van der Waals surface area (Å²) in [4.78, 5) is 0. The Morgan fingerprint density at radius 1 is 1.67 bits per heavy atom. The fourth-order valence-corrected chi connectivity index (χ4v) is 1.69. The molecular formula is C9H19NO2. The summed E-state index contributed by atoms with van der Waals surface area (Å²) in [5.74, 6) is 0. The SMILES string of the molecule is CCC(C)(CN)C1(O)CCOC1. The molecule has 0 aliphatic carbocycles. The average Bonchev–Trinajstić information content (AvgIpc) is 2.52. The molecule has 2 unspecified atom stereocenters. The van der Waals surface area contributed by atoms with Gasteiger partial charge >= 0.3 is 0 Å². The number of aliphatic hydroxyl groups is 1. The zero-order valence-electron chi connectivity index (χ0n) is 7.97. The minimum absolute atomic E-state index is 0.191. The fraction of sp³-hybridized carbons (Fsp3) is 1.00. The van der Waals surface area contributed by atoms with E-state index in [0.29, 0.717) is 26.2 Å². The van der Waals surface area contributed by atoms with Gasteiger partial charge in [0.2, 0.25) is 0 Å². The van der Waals surface area contributed by atoms with E-state index in [9.17, 15) is 5.11 Å². The van der Waals surface area contributed by atoms with Gasteiger partial charge in [0.25, 0.3) is 0 Å². The molecule has 0 radical (unpaired) electrons. The van der Waals surface area contributed by atoms with Gasteiger partial charge in [-0.25, -0.2) is 0 Å². The van der Waals surface area contributed by atoms with Crippen LogP contribution in [0.2, 0.25) is 0 Å². The molecule has 1 fully saturated rings. The minimum atomic E-state index is -0.698. The van der Waals surface area contributed by atoms with Crippen molar-refractivity contribution < 1.29 is 9.84 Å². The van der Waals surface area contributed by atoms with Crippen LogP contribution in [0.5, 0.6) is 0 Å². The Bertz CT molecular complexity index is 147. The lowest BCUT2D eigenvalue weighted by molar-refractivity contribution is -0.0757. The predicted molar refractivity (Wildman–Crippen MR) is 47.8 cm³/mol. The summed E-state index contributed by atoms with van der Waals surface area (Å²) in [6.45, 7) is 5.70. The maximum absolute atomic E-state index is 10.2. The van der Waals surface area contributed by atoms with E-state index in [1.807, 2.05) is 6.92 Å². The second kappa shape index (κ2) is 3.32. The summed E-state index contributed by atoms with van der Waals surface area (Å²) >= 11 is 0. The van der Waals surface area contributed by atoms with Gasteiger partial charge in [-0.05, 0) is 6.42 Å². The van der Waals surface area contributed by atoms with Crippen LogP contribution in [-0.4, -0.2) is 30.5 Å². The summed E-state index contributed by atoms with van der Waals surface area (Å²) in [6, 6.07) is 0. The molecule has 3 nitrogen and oxygen atoms in total. The van der Waals surface area contributed by atoms with E-state index in [4.69, 9.17) is 10.5 Å². The molecule has 1 aliphatic heterocycles. The topological polar surface area (TPSA) is 55.5 Å². The number of hydrogen-bond acceptors (Lipinski definition) is 3. The molecule has 72 valence electrons. The third-order valence-electron chi connectivity index (χ3n) is 3.36. The number of hydrogen-bond donors (Lipinski definition) is 2. The van der Waals surface area contributed by atoms with Gasteiger partial charge in [0, 0.05) is 25.0 Å². The van der Waals surface area contributed by atoms with Crippen LogP contribution in [0.1, 0.15) is 26.7 Å². The summed E-state index contributed by atoms with van der Waals surface area (Å²) in [7, 11) is 0. The first-order valence-corrected chi connectivity index (χ1v) is 4.58. The van der Waals surface area contributed by atoms with Crippen molar-refractivity contribution in [1.29, 1.82) is 0 Å². The molecule has 3 heteroatoms. The Labute approximate surface area is 73.9 Å². The maximum atomic E-state index is 10.2. The Morgan fingerprint density at radius 2 is 2.33 bits per heavy atom. The Hall–Kier alpha value is -0.120. The summed E-state index contributed by atoms with van der Waals surface area (Å²) < 4.78 is 5.20. The van der Waals surface area contributed by atoms with Crippen molar-refractivity contribution in [2.24, 2.45) is 11.1 Å². The van der Waals surface area contributed by atoms with E-state index >= 15 is 0 Å². The quantitative estimate of drug-likeness (QED) is 0.654. The zero-order chi connectivity index (χ0) is 9.24. The van der Waals surface area contributed by atoms with Crippen LogP contribution in [0.4, 0.5) is 0 Å². The van der Waals surface area contributed by atoms with Gasteiger partial charge in [0.1, 0.15) is 0 Å². The average molecular weight is 173 g/mol. The second-order valence-electron chi connectivity index (χ2n) is 3.95. The van der Waals surface area contributed by atoms with E-state index in [2.05, 4.69) is 6.92 Å². The highest BCUT2D eigenvalue weighted by atomic mass is 16.5. The van der Waals surface area contributed by atoms with Crippen LogP contribution >= 0.6 is 0 Å². The molecule has 2 atom stereocenters. The van der Waals surface area contributed by atoms with Gasteiger partial charge in [-0.3, -0.25) is 0 Å². The smallest absolute Gasteiger partial charge is 0.0967 e.